The van der Waals surface area contributed by atoms with E-state index in [0.717, 1.165) is 21.5 Å². The van der Waals surface area contributed by atoms with Crippen molar-refractivity contribution in [2.24, 2.45) is 5.92 Å². The summed E-state index contributed by atoms with van der Waals surface area (Å²) in [7, 11) is 0. The first kappa shape index (κ1) is 17.6. The smallest absolute Gasteiger partial charge is 0.348 e. The van der Waals surface area contributed by atoms with Crippen molar-refractivity contribution in [1.82, 2.24) is 9.97 Å². The molecule has 0 bridgehead atoms. The number of benzene rings is 1. The largest absolute Gasteiger partial charge is 0.461 e. The van der Waals surface area contributed by atoms with E-state index >= 15 is 0 Å². The summed E-state index contributed by atoms with van der Waals surface area (Å²) in [5, 5.41) is 4.76. The first-order valence-corrected chi connectivity index (χ1v) is 9.09. The van der Waals surface area contributed by atoms with Crippen molar-refractivity contribution >= 4 is 50.6 Å². The van der Waals surface area contributed by atoms with Crippen LogP contribution in [-0.4, -0.2) is 22.5 Å². The van der Waals surface area contributed by atoms with Crippen LogP contribution in [0.5, 0.6) is 0 Å². The van der Waals surface area contributed by atoms with Crippen LogP contribution in [0.25, 0.3) is 10.2 Å². The maximum absolute atomic E-state index is 12.4. The molecular weight excluding hydrogens is 358 g/mol. The number of nitrogens with one attached hydrogen (secondary N) is 1. The predicted molar refractivity (Wildman–Crippen MR) is 102 cm³/mol. The molecule has 3 aromatic rings. The van der Waals surface area contributed by atoms with Crippen LogP contribution < -0.4 is 5.32 Å². The summed E-state index contributed by atoms with van der Waals surface area (Å²) in [5.41, 5.74) is 1.68. The molecular formula is C18H18ClN3O2S. The number of ether oxygens (including phenoxy) is 1. The zero-order chi connectivity index (χ0) is 18.0. The third-order valence-electron chi connectivity index (χ3n) is 3.57. The number of rotatable bonds is 5. The van der Waals surface area contributed by atoms with Crippen LogP contribution in [0.3, 0.4) is 0 Å². The molecule has 7 heteroatoms. The second-order valence-corrected chi connectivity index (χ2v) is 7.52. The van der Waals surface area contributed by atoms with Crippen molar-refractivity contribution in [2.45, 2.75) is 20.8 Å². The molecule has 0 aliphatic carbocycles. The van der Waals surface area contributed by atoms with E-state index in [1.807, 2.05) is 32.9 Å². The highest BCUT2D eigenvalue weighted by atomic mass is 35.5. The number of hydrogen-bond donors (Lipinski definition) is 1. The van der Waals surface area contributed by atoms with E-state index in [1.54, 1.807) is 12.1 Å². The van der Waals surface area contributed by atoms with Crippen LogP contribution in [0.2, 0.25) is 5.02 Å². The number of anilines is 2. The topological polar surface area (TPSA) is 64.1 Å². The Kier molecular flexibility index (Phi) is 5.20. The predicted octanol–water partition coefficient (Wildman–Crippen LogP) is 5.21. The fourth-order valence-electron chi connectivity index (χ4n) is 2.34. The highest BCUT2D eigenvalue weighted by molar-refractivity contribution is 7.20. The van der Waals surface area contributed by atoms with Crippen molar-refractivity contribution in [3.63, 3.8) is 0 Å². The molecule has 0 saturated carbocycles. The maximum atomic E-state index is 12.4. The molecule has 5 nitrogen and oxygen atoms in total. The van der Waals surface area contributed by atoms with Gasteiger partial charge in [0.25, 0.3) is 0 Å². The van der Waals surface area contributed by atoms with Crippen LogP contribution in [0, 0.1) is 12.8 Å². The minimum Gasteiger partial charge on any atom is -0.461 e. The number of carbonyl (C=O) groups excluding carboxylic acids is 1. The van der Waals surface area contributed by atoms with Gasteiger partial charge in [0.15, 0.2) is 0 Å². The number of aromatic nitrogens is 2. The van der Waals surface area contributed by atoms with E-state index in [4.69, 9.17) is 16.3 Å². The van der Waals surface area contributed by atoms with Gasteiger partial charge in [-0.3, -0.25) is 0 Å². The molecule has 1 aromatic carbocycles. The normalized spacial score (nSPS) is 11.1. The second-order valence-electron chi connectivity index (χ2n) is 6.08. The van der Waals surface area contributed by atoms with Crippen LogP contribution in [0.15, 0.2) is 30.6 Å². The fraction of sp³-hybridized carbons (Fsp3) is 0.278. The number of hydrogen-bond acceptors (Lipinski definition) is 6. The average Bonchev–Trinajstić information content (AvgIpc) is 2.93. The van der Waals surface area contributed by atoms with E-state index in [2.05, 4.69) is 15.3 Å². The Hall–Kier alpha value is -2.18. The minimum atomic E-state index is -0.313. The van der Waals surface area contributed by atoms with E-state index in [9.17, 15) is 4.79 Å². The molecule has 1 N–H and O–H groups in total. The molecule has 0 unspecified atom stereocenters. The summed E-state index contributed by atoms with van der Waals surface area (Å²) in [5.74, 6) is 0.635. The molecule has 130 valence electrons. The first-order valence-electron chi connectivity index (χ1n) is 7.89. The van der Waals surface area contributed by atoms with Gasteiger partial charge in [0.2, 0.25) is 0 Å². The van der Waals surface area contributed by atoms with E-state index in [1.165, 1.54) is 17.7 Å². The Bertz CT molecular complexity index is 907. The van der Waals surface area contributed by atoms with Crippen LogP contribution in [0.4, 0.5) is 11.5 Å². The maximum Gasteiger partial charge on any atom is 0.348 e. The third-order valence-corrected chi connectivity index (χ3v) is 5.00. The van der Waals surface area contributed by atoms with Gasteiger partial charge in [0, 0.05) is 10.7 Å². The van der Waals surface area contributed by atoms with Gasteiger partial charge in [0.1, 0.15) is 21.9 Å². The number of fused-ring (bicyclic) bond motifs is 1. The zero-order valence-corrected chi connectivity index (χ0v) is 15.7. The Morgan fingerprint density at radius 3 is 2.68 bits per heavy atom. The number of nitrogens with zero attached hydrogens (tertiary/aromatic N) is 2. The SMILES string of the molecule is Cc1c(C(=O)OCC(C)C)sc2ncnc(Nc3ccc(Cl)cc3)c12. The second kappa shape index (κ2) is 7.37. The third kappa shape index (κ3) is 3.91. The molecule has 25 heavy (non-hydrogen) atoms. The molecule has 0 spiro atoms. The molecule has 0 amide bonds. The molecule has 3 rings (SSSR count). The summed E-state index contributed by atoms with van der Waals surface area (Å²) in [6.07, 6.45) is 1.49. The van der Waals surface area contributed by atoms with Gasteiger partial charge in [-0.15, -0.1) is 11.3 Å². The summed E-state index contributed by atoms with van der Waals surface area (Å²) >= 11 is 7.25. The molecule has 0 aliphatic heterocycles. The Morgan fingerprint density at radius 1 is 1.28 bits per heavy atom. The van der Waals surface area contributed by atoms with E-state index < -0.39 is 0 Å². The number of thiophene rings is 1. The van der Waals surface area contributed by atoms with Crippen LogP contribution in [-0.2, 0) is 4.74 Å². The summed E-state index contributed by atoms with van der Waals surface area (Å²) in [4.78, 5) is 22.3. The van der Waals surface area contributed by atoms with Crippen molar-refractivity contribution in [3.8, 4) is 0 Å². The van der Waals surface area contributed by atoms with Crippen molar-refractivity contribution in [3.05, 3.63) is 46.1 Å². The number of esters is 1. The summed E-state index contributed by atoms with van der Waals surface area (Å²) in [6.45, 7) is 6.30. The molecule has 0 fully saturated rings. The van der Waals surface area contributed by atoms with E-state index in [0.29, 0.717) is 28.2 Å². The summed E-state index contributed by atoms with van der Waals surface area (Å²) in [6, 6.07) is 7.35. The van der Waals surface area contributed by atoms with Gasteiger partial charge in [-0.25, -0.2) is 14.8 Å². The van der Waals surface area contributed by atoms with Crippen LogP contribution >= 0.6 is 22.9 Å². The van der Waals surface area contributed by atoms with Crippen LogP contribution in [0.1, 0.15) is 29.1 Å². The van der Waals surface area contributed by atoms with Gasteiger partial charge >= 0.3 is 5.97 Å². The molecule has 0 radical (unpaired) electrons. The molecule has 0 saturated heterocycles. The zero-order valence-electron chi connectivity index (χ0n) is 14.2. The minimum absolute atomic E-state index is 0.292. The molecule has 0 atom stereocenters. The van der Waals surface area contributed by atoms with Gasteiger partial charge in [0.05, 0.1) is 12.0 Å². The number of halogens is 1. The highest BCUT2D eigenvalue weighted by Crippen LogP contribution is 2.35. The van der Waals surface area contributed by atoms with Gasteiger partial charge in [-0.2, -0.15) is 0 Å². The average molecular weight is 376 g/mol. The number of carbonyl (C=O) groups is 1. The number of aryl methyl sites for hydroxylation is 1. The fourth-order valence-corrected chi connectivity index (χ4v) is 3.51. The highest BCUT2D eigenvalue weighted by Gasteiger charge is 2.20. The van der Waals surface area contributed by atoms with Gasteiger partial charge in [-0.1, -0.05) is 25.4 Å². The van der Waals surface area contributed by atoms with Crippen molar-refractivity contribution in [1.29, 1.82) is 0 Å². The lowest BCUT2D eigenvalue weighted by molar-refractivity contribution is 0.0464. The van der Waals surface area contributed by atoms with Crippen molar-refractivity contribution in [2.75, 3.05) is 11.9 Å². The quantitative estimate of drug-likeness (QED) is 0.620. The Balaban J connectivity index is 1.95. The molecule has 0 aliphatic rings. The first-order chi connectivity index (χ1) is 12.0. The van der Waals surface area contributed by atoms with Crippen molar-refractivity contribution < 1.29 is 9.53 Å². The lowest BCUT2D eigenvalue weighted by atomic mass is 10.2. The van der Waals surface area contributed by atoms with Gasteiger partial charge < -0.3 is 10.1 Å². The summed E-state index contributed by atoms with van der Waals surface area (Å²) < 4.78 is 5.36. The lowest BCUT2D eigenvalue weighted by Gasteiger charge is -2.08. The Morgan fingerprint density at radius 2 is 2.00 bits per heavy atom. The monoisotopic (exact) mass is 375 g/mol. The molecule has 2 heterocycles. The van der Waals surface area contributed by atoms with Gasteiger partial charge in [-0.05, 0) is 42.7 Å². The van der Waals surface area contributed by atoms with E-state index in [-0.39, 0.29) is 5.97 Å². The standard InChI is InChI=1S/C18H18ClN3O2S/c1-10(2)8-24-18(23)15-11(3)14-16(20-9-21-17(14)25-15)22-13-6-4-12(19)5-7-13/h4-7,9-10H,8H2,1-3H3,(H,20,21,22). The Labute approximate surface area is 155 Å². The lowest BCUT2D eigenvalue weighted by Crippen LogP contribution is -2.09. The molecule has 2 aromatic heterocycles.